The third-order valence-electron chi connectivity index (χ3n) is 3.35. The summed E-state index contributed by atoms with van der Waals surface area (Å²) in [4.78, 5) is 0. The Morgan fingerprint density at radius 1 is 1.15 bits per heavy atom. The standard InChI is InChI=1S/C16H19F2NO/c1-4-6-19-15(16-10(2)5-7-20-16)12-9-13(17)11(3)8-14(12)18/h5,7-9,15,19H,4,6H2,1-3H3. The fraction of sp³-hybridized carbons (Fsp3) is 0.375. The Labute approximate surface area is 117 Å². The molecule has 20 heavy (non-hydrogen) atoms. The molecule has 4 heteroatoms. The fourth-order valence-corrected chi connectivity index (χ4v) is 2.20. The molecule has 0 aliphatic carbocycles. The molecule has 1 aromatic carbocycles. The van der Waals surface area contributed by atoms with Crippen molar-refractivity contribution in [2.45, 2.75) is 33.2 Å². The van der Waals surface area contributed by atoms with Crippen LogP contribution in [-0.2, 0) is 0 Å². The first-order chi connectivity index (χ1) is 9.54. The van der Waals surface area contributed by atoms with E-state index in [1.807, 2.05) is 19.9 Å². The van der Waals surface area contributed by atoms with Crippen LogP contribution < -0.4 is 5.32 Å². The van der Waals surface area contributed by atoms with Crippen LogP contribution >= 0.6 is 0 Å². The van der Waals surface area contributed by atoms with E-state index in [2.05, 4.69) is 5.32 Å². The Hall–Kier alpha value is -1.68. The molecule has 1 heterocycles. The van der Waals surface area contributed by atoms with Crippen molar-refractivity contribution in [2.75, 3.05) is 6.54 Å². The summed E-state index contributed by atoms with van der Waals surface area (Å²) in [7, 11) is 0. The highest BCUT2D eigenvalue weighted by Gasteiger charge is 2.23. The molecule has 1 aromatic heterocycles. The minimum atomic E-state index is -0.472. The number of benzene rings is 1. The average Bonchev–Trinajstić information content (AvgIpc) is 2.82. The summed E-state index contributed by atoms with van der Waals surface area (Å²) in [5, 5.41) is 3.22. The van der Waals surface area contributed by atoms with Crippen LogP contribution in [0.1, 0.15) is 41.8 Å². The third-order valence-corrected chi connectivity index (χ3v) is 3.35. The summed E-state index contributed by atoms with van der Waals surface area (Å²) < 4.78 is 33.4. The number of aryl methyl sites for hydroxylation is 2. The second-order valence-corrected chi connectivity index (χ2v) is 4.98. The number of halogens is 2. The van der Waals surface area contributed by atoms with E-state index in [1.54, 1.807) is 13.2 Å². The summed E-state index contributed by atoms with van der Waals surface area (Å²) in [5.74, 6) is -0.206. The molecular formula is C16H19F2NO. The number of hydrogen-bond donors (Lipinski definition) is 1. The number of furan rings is 1. The molecule has 108 valence electrons. The van der Waals surface area contributed by atoms with E-state index < -0.39 is 17.7 Å². The Bertz CT molecular complexity index is 592. The first-order valence-corrected chi connectivity index (χ1v) is 6.77. The summed E-state index contributed by atoms with van der Waals surface area (Å²) in [6.07, 6.45) is 2.46. The number of rotatable bonds is 5. The van der Waals surface area contributed by atoms with E-state index in [1.165, 1.54) is 12.1 Å². The molecule has 0 spiro atoms. The quantitative estimate of drug-likeness (QED) is 0.884. The van der Waals surface area contributed by atoms with Gasteiger partial charge >= 0.3 is 0 Å². The molecule has 2 nitrogen and oxygen atoms in total. The predicted octanol–water partition coefficient (Wildman–Crippen LogP) is 4.26. The van der Waals surface area contributed by atoms with Crippen molar-refractivity contribution in [1.82, 2.24) is 5.32 Å². The lowest BCUT2D eigenvalue weighted by molar-refractivity contribution is 0.431. The molecular weight excluding hydrogens is 260 g/mol. The smallest absolute Gasteiger partial charge is 0.128 e. The Morgan fingerprint density at radius 2 is 1.90 bits per heavy atom. The molecule has 0 saturated heterocycles. The highest BCUT2D eigenvalue weighted by molar-refractivity contribution is 5.34. The molecule has 1 unspecified atom stereocenters. The van der Waals surface area contributed by atoms with E-state index >= 15 is 0 Å². The first kappa shape index (κ1) is 14.7. The molecule has 0 radical (unpaired) electrons. The van der Waals surface area contributed by atoms with Crippen LogP contribution in [0.4, 0.5) is 8.78 Å². The summed E-state index contributed by atoms with van der Waals surface area (Å²) in [6, 6.07) is 3.82. The molecule has 0 fully saturated rings. The molecule has 1 atom stereocenters. The molecule has 0 amide bonds. The van der Waals surface area contributed by atoms with Crippen LogP contribution in [0.5, 0.6) is 0 Å². The summed E-state index contributed by atoms with van der Waals surface area (Å²) >= 11 is 0. The maximum absolute atomic E-state index is 14.2. The van der Waals surface area contributed by atoms with Crippen molar-refractivity contribution in [1.29, 1.82) is 0 Å². The lowest BCUT2D eigenvalue weighted by Gasteiger charge is -2.19. The van der Waals surface area contributed by atoms with Crippen molar-refractivity contribution in [3.8, 4) is 0 Å². The maximum Gasteiger partial charge on any atom is 0.128 e. The van der Waals surface area contributed by atoms with Gasteiger partial charge in [-0.05, 0) is 56.1 Å². The van der Waals surface area contributed by atoms with Crippen molar-refractivity contribution < 1.29 is 13.2 Å². The van der Waals surface area contributed by atoms with Crippen molar-refractivity contribution >= 4 is 0 Å². The van der Waals surface area contributed by atoms with Gasteiger partial charge in [0.1, 0.15) is 17.4 Å². The van der Waals surface area contributed by atoms with Gasteiger partial charge in [0, 0.05) is 5.56 Å². The van der Waals surface area contributed by atoms with Gasteiger partial charge in [0.2, 0.25) is 0 Å². The topological polar surface area (TPSA) is 25.2 Å². The van der Waals surface area contributed by atoms with Crippen LogP contribution in [0.25, 0.3) is 0 Å². The van der Waals surface area contributed by atoms with Gasteiger partial charge < -0.3 is 9.73 Å². The molecule has 0 aliphatic heterocycles. The Balaban J connectivity index is 2.46. The van der Waals surface area contributed by atoms with Gasteiger partial charge in [-0.15, -0.1) is 0 Å². The second-order valence-electron chi connectivity index (χ2n) is 4.98. The summed E-state index contributed by atoms with van der Waals surface area (Å²) in [5.41, 5.74) is 1.50. The maximum atomic E-state index is 14.2. The highest BCUT2D eigenvalue weighted by atomic mass is 19.1. The van der Waals surface area contributed by atoms with E-state index in [-0.39, 0.29) is 5.56 Å². The Morgan fingerprint density at radius 3 is 2.50 bits per heavy atom. The first-order valence-electron chi connectivity index (χ1n) is 6.77. The largest absolute Gasteiger partial charge is 0.467 e. The van der Waals surface area contributed by atoms with Crippen molar-refractivity contribution in [3.63, 3.8) is 0 Å². The van der Waals surface area contributed by atoms with E-state index in [0.717, 1.165) is 12.0 Å². The van der Waals surface area contributed by atoms with Gasteiger partial charge in [-0.1, -0.05) is 6.92 Å². The molecule has 1 N–H and O–H groups in total. The molecule has 0 saturated carbocycles. The minimum absolute atomic E-state index is 0.277. The number of hydrogen-bond acceptors (Lipinski definition) is 2. The van der Waals surface area contributed by atoms with Gasteiger partial charge in [-0.3, -0.25) is 0 Å². The second kappa shape index (κ2) is 6.18. The van der Waals surface area contributed by atoms with Crippen LogP contribution in [0.3, 0.4) is 0 Å². The van der Waals surface area contributed by atoms with Crippen LogP contribution in [0.15, 0.2) is 28.9 Å². The molecule has 0 aliphatic rings. The van der Waals surface area contributed by atoms with Gasteiger partial charge in [-0.2, -0.15) is 0 Å². The molecule has 0 bridgehead atoms. The Kier molecular flexibility index (Phi) is 4.55. The van der Waals surface area contributed by atoms with Crippen LogP contribution in [0.2, 0.25) is 0 Å². The molecule has 2 rings (SSSR count). The lowest BCUT2D eigenvalue weighted by Crippen LogP contribution is -2.24. The fourth-order valence-electron chi connectivity index (χ4n) is 2.20. The number of nitrogens with one attached hydrogen (secondary N) is 1. The van der Waals surface area contributed by atoms with Gasteiger partial charge in [0.25, 0.3) is 0 Å². The van der Waals surface area contributed by atoms with E-state index in [0.29, 0.717) is 17.9 Å². The molecule has 2 aromatic rings. The zero-order valence-electron chi connectivity index (χ0n) is 12.0. The van der Waals surface area contributed by atoms with Crippen LogP contribution in [-0.4, -0.2) is 6.54 Å². The van der Waals surface area contributed by atoms with Gasteiger partial charge in [0.15, 0.2) is 0 Å². The monoisotopic (exact) mass is 279 g/mol. The van der Waals surface area contributed by atoms with E-state index in [4.69, 9.17) is 4.42 Å². The van der Waals surface area contributed by atoms with Gasteiger partial charge in [-0.25, -0.2) is 8.78 Å². The van der Waals surface area contributed by atoms with Gasteiger partial charge in [0.05, 0.1) is 12.3 Å². The lowest BCUT2D eigenvalue weighted by atomic mass is 9.99. The van der Waals surface area contributed by atoms with Crippen LogP contribution in [0, 0.1) is 25.5 Å². The summed E-state index contributed by atoms with van der Waals surface area (Å²) in [6.45, 7) is 6.15. The average molecular weight is 279 g/mol. The zero-order valence-corrected chi connectivity index (χ0v) is 12.0. The zero-order chi connectivity index (χ0) is 14.7. The third kappa shape index (κ3) is 2.90. The highest BCUT2D eigenvalue weighted by Crippen LogP contribution is 2.29. The minimum Gasteiger partial charge on any atom is -0.467 e. The predicted molar refractivity (Wildman–Crippen MR) is 74.7 cm³/mol. The SMILES string of the molecule is CCCNC(c1cc(F)c(C)cc1F)c1occc1C. The van der Waals surface area contributed by atoms with Crippen molar-refractivity contribution in [2.24, 2.45) is 0 Å². The normalized spacial score (nSPS) is 12.7. The van der Waals surface area contributed by atoms with E-state index in [9.17, 15) is 8.78 Å². The van der Waals surface area contributed by atoms with Crippen molar-refractivity contribution in [3.05, 3.63) is 58.5 Å².